The van der Waals surface area contributed by atoms with Crippen LogP contribution in [0.2, 0.25) is 0 Å². The molecule has 0 aliphatic carbocycles. The van der Waals surface area contributed by atoms with Gasteiger partial charge >= 0.3 is 23.9 Å². The van der Waals surface area contributed by atoms with E-state index in [1.54, 1.807) is 0 Å². The maximum atomic E-state index is 11.1. The quantitative estimate of drug-likeness (QED) is 0.0274. The number of aliphatic hydroxyl groups is 2. The molecule has 2 rings (SSSR count). The molecule has 0 bridgehead atoms. The van der Waals surface area contributed by atoms with Gasteiger partial charge in [-0.25, -0.2) is 19.2 Å². The summed E-state index contributed by atoms with van der Waals surface area (Å²) in [7, 11) is 0. The molecule has 0 saturated carbocycles. The van der Waals surface area contributed by atoms with Gasteiger partial charge in [-0.05, 0) is 64.2 Å². The molecule has 0 fully saturated rings. The van der Waals surface area contributed by atoms with Crippen LogP contribution in [0.15, 0.2) is 87.0 Å². The molecule has 0 saturated heterocycles. The summed E-state index contributed by atoms with van der Waals surface area (Å²) in [6.07, 6.45) is 64.2. The van der Waals surface area contributed by atoms with Gasteiger partial charge in [0.15, 0.2) is 0 Å². The zero-order valence-corrected chi connectivity index (χ0v) is 64.8. The van der Waals surface area contributed by atoms with Crippen LogP contribution >= 0.6 is 0 Å². The van der Waals surface area contributed by atoms with Gasteiger partial charge in [-0.1, -0.05) is 283 Å². The number of aliphatic hydroxyl groups excluding tert-OH is 2. The third kappa shape index (κ3) is 66.4. The van der Waals surface area contributed by atoms with E-state index in [-0.39, 0.29) is 30.5 Å². The summed E-state index contributed by atoms with van der Waals surface area (Å²) in [5.41, 5.74) is 0. The Morgan fingerprint density at radius 1 is 0.204 bits per heavy atom. The van der Waals surface area contributed by atoms with Crippen LogP contribution in [-0.4, -0.2) is 113 Å². The smallest absolute Gasteiger partial charge is 0.330 e. The van der Waals surface area contributed by atoms with Gasteiger partial charge in [-0.3, -0.25) is 0 Å². The van der Waals surface area contributed by atoms with E-state index in [1.807, 2.05) is 36.4 Å². The van der Waals surface area contributed by atoms with Crippen molar-refractivity contribution in [3.63, 3.8) is 0 Å². The van der Waals surface area contributed by atoms with Crippen molar-refractivity contribution in [2.75, 3.05) is 79.3 Å². The number of carbonyl (C=O) groups excluding carboxylic acids is 4. The van der Waals surface area contributed by atoms with E-state index in [0.29, 0.717) is 84.8 Å². The summed E-state index contributed by atoms with van der Waals surface area (Å²) in [4.78, 5) is 44.2. The molecule has 16 heteroatoms. The van der Waals surface area contributed by atoms with Gasteiger partial charge in [0.1, 0.15) is 34.5 Å². The lowest BCUT2D eigenvalue weighted by molar-refractivity contribution is -0.138. The van der Waals surface area contributed by atoms with Crippen LogP contribution in [0, 0.1) is 0 Å². The Morgan fingerprint density at radius 2 is 0.330 bits per heavy atom. The average molecular weight is 1450 g/mol. The van der Waals surface area contributed by atoms with Crippen LogP contribution < -0.4 is 28.4 Å². The van der Waals surface area contributed by atoms with Crippen molar-refractivity contribution in [2.24, 2.45) is 0 Å². The number of hydrogen-bond donors (Lipinski definition) is 2. The molecule has 0 amide bonds. The zero-order valence-electron chi connectivity index (χ0n) is 64.8. The molecule has 0 radical (unpaired) electrons. The maximum Gasteiger partial charge on any atom is 0.330 e. The number of esters is 4. The standard InChI is InChI=1S/C48H82O8.C39H64O8/c1-3-47(50)55-39-33-27-21-15-9-7-13-19-25-31-37-53-45-41-44(52-36-30-24-18-12-6-5-11-17-23-29-35-49)42-46(43-45)54-38-32-26-20-14-8-10-16-22-28-34-40-56-48(51)4-2;1-3-38(41)46-29-23-19-15-11-7-5-9-13-17-21-27-43-35-32-36(34-37(33-35)45-31-25-26-40)44-28-22-18-14-10-6-8-12-16-20-24-30-47-39(42)4-2/h3-4,41-43,49H,1-2,5-40H2;3-4,32-34,40H,1-2,5-31H2. The molecule has 590 valence electrons. The monoisotopic (exact) mass is 1450 g/mol. The van der Waals surface area contributed by atoms with E-state index >= 15 is 0 Å². The number of carbonyl (C=O) groups is 4. The predicted molar refractivity (Wildman–Crippen MR) is 420 cm³/mol. The largest absolute Gasteiger partial charge is 0.493 e. The normalized spacial score (nSPS) is 10.9. The summed E-state index contributed by atoms with van der Waals surface area (Å²) >= 11 is 0. The van der Waals surface area contributed by atoms with Crippen molar-refractivity contribution in [2.45, 2.75) is 327 Å². The van der Waals surface area contributed by atoms with Gasteiger partial charge < -0.3 is 57.6 Å². The Morgan fingerprint density at radius 3 is 0.476 bits per heavy atom. The highest BCUT2D eigenvalue weighted by Gasteiger charge is 2.10. The van der Waals surface area contributed by atoms with Gasteiger partial charge in [0.2, 0.25) is 0 Å². The molecule has 0 aliphatic heterocycles. The number of unbranched alkanes of at least 4 members (excludes halogenated alkanes) is 45. The van der Waals surface area contributed by atoms with Crippen molar-refractivity contribution in [3.05, 3.63) is 87.0 Å². The van der Waals surface area contributed by atoms with Crippen LogP contribution in [0.1, 0.15) is 327 Å². The van der Waals surface area contributed by atoms with Crippen molar-refractivity contribution < 1.29 is 76.8 Å². The maximum absolute atomic E-state index is 11.1. The number of hydrogen-bond acceptors (Lipinski definition) is 16. The Labute approximate surface area is 625 Å². The van der Waals surface area contributed by atoms with Crippen molar-refractivity contribution in [3.8, 4) is 34.5 Å². The molecule has 2 aromatic carbocycles. The van der Waals surface area contributed by atoms with Crippen molar-refractivity contribution >= 4 is 23.9 Å². The minimum atomic E-state index is -0.335. The molecule has 2 N–H and O–H groups in total. The SMILES string of the molecule is C=CC(=O)OCCCCCCCCCCCCOc1cc(OCCCCCCCCCCCCO)cc(OCCCCCCCCCCCCOC(=O)C=C)c1.C=CC(=O)OCCCCCCCCCCCCOc1cc(OCCCO)cc(OCCCCCCCCCCCCOC(=O)C=C)c1. The molecule has 0 heterocycles. The Kier molecular flexibility index (Phi) is 69.8. The molecule has 0 atom stereocenters. The van der Waals surface area contributed by atoms with Crippen molar-refractivity contribution in [1.29, 1.82) is 0 Å². The predicted octanol–water partition coefficient (Wildman–Crippen LogP) is 22.4. The highest BCUT2D eigenvalue weighted by Crippen LogP contribution is 2.31. The van der Waals surface area contributed by atoms with E-state index in [4.69, 9.17) is 57.6 Å². The average Bonchev–Trinajstić information content (AvgIpc) is 0.890. The Bertz CT molecular complexity index is 2190. The van der Waals surface area contributed by atoms with Gasteiger partial charge in [0, 0.05) is 80.3 Å². The van der Waals surface area contributed by atoms with Crippen LogP contribution in [-0.2, 0) is 38.1 Å². The summed E-state index contributed by atoms with van der Waals surface area (Å²) in [5, 5.41) is 18.0. The first kappa shape index (κ1) is 95.0. The molecule has 16 nitrogen and oxygen atoms in total. The van der Waals surface area contributed by atoms with E-state index in [0.717, 1.165) is 138 Å². The molecule has 2 aromatic rings. The van der Waals surface area contributed by atoms with E-state index in [9.17, 15) is 19.2 Å². The Balaban J connectivity index is 0.00000105. The van der Waals surface area contributed by atoms with Gasteiger partial charge in [0.25, 0.3) is 0 Å². The van der Waals surface area contributed by atoms with Crippen LogP contribution in [0.3, 0.4) is 0 Å². The minimum Gasteiger partial charge on any atom is -0.493 e. The second-order valence-electron chi connectivity index (χ2n) is 27.3. The first-order valence-electron chi connectivity index (χ1n) is 41.1. The summed E-state index contributed by atoms with van der Waals surface area (Å²) in [6.45, 7) is 19.9. The molecular formula is C87H146O16. The van der Waals surface area contributed by atoms with Gasteiger partial charge in [-0.15, -0.1) is 0 Å². The van der Waals surface area contributed by atoms with E-state index < -0.39 is 0 Å². The van der Waals surface area contributed by atoms with Crippen LogP contribution in [0.4, 0.5) is 0 Å². The number of ether oxygens (including phenoxy) is 10. The molecule has 0 spiro atoms. The molecule has 103 heavy (non-hydrogen) atoms. The zero-order chi connectivity index (χ0) is 74.5. The third-order valence-electron chi connectivity index (χ3n) is 18.0. The first-order valence-corrected chi connectivity index (χ1v) is 41.1. The van der Waals surface area contributed by atoms with Gasteiger partial charge in [0.05, 0.1) is 66.1 Å². The molecule has 0 unspecified atom stereocenters. The fraction of sp³-hybridized carbons (Fsp3) is 0.724. The van der Waals surface area contributed by atoms with Crippen LogP contribution in [0.5, 0.6) is 34.5 Å². The second-order valence-corrected chi connectivity index (χ2v) is 27.3. The summed E-state index contributed by atoms with van der Waals surface area (Å²) in [5.74, 6) is 3.39. The lowest BCUT2D eigenvalue weighted by atomic mass is 10.1. The van der Waals surface area contributed by atoms with E-state index in [1.165, 1.54) is 236 Å². The summed E-state index contributed by atoms with van der Waals surface area (Å²) < 4.78 is 56.7. The van der Waals surface area contributed by atoms with Gasteiger partial charge in [-0.2, -0.15) is 0 Å². The first-order chi connectivity index (χ1) is 50.7. The van der Waals surface area contributed by atoms with Crippen molar-refractivity contribution in [1.82, 2.24) is 0 Å². The highest BCUT2D eigenvalue weighted by molar-refractivity contribution is 5.82. The molecule has 0 aromatic heterocycles. The number of rotatable bonds is 77. The van der Waals surface area contributed by atoms with E-state index in [2.05, 4.69) is 26.3 Å². The molecule has 0 aliphatic rings. The number of benzene rings is 2. The lowest BCUT2D eigenvalue weighted by Crippen LogP contribution is -2.03. The summed E-state index contributed by atoms with van der Waals surface area (Å²) in [6, 6.07) is 11.8. The second kappa shape index (κ2) is 75.7. The minimum absolute atomic E-state index is 0.101. The Hall–Kier alpha value is -6.00. The fourth-order valence-corrected chi connectivity index (χ4v) is 11.8. The van der Waals surface area contributed by atoms with Crippen LogP contribution in [0.25, 0.3) is 0 Å². The lowest BCUT2D eigenvalue weighted by Gasteiger charge is -2.13. The third-order valence-corrected chi connectivity index (χ3v) is 18.0. The highest BCUT2D eigenvalue weighted by atomic mass is 16.5. The molecular weight excluding hydrogens is 1300 g/mol. The fourth-order valence-electron chi connectivity index (χ4n) is 11.8. The topological polar surface area (TPSA) is 201 Å².